The third kappa shape index (κ3) is 3.73. The zero-order chi connectivity index (χ0) is 14.8. The highest BCUT2D eigenvalue weighted by Crippen LogP contribution is 2.24. The summed E-state index contributed by atoms with van der Waals surface area (Å²) >= 11 is 0. The summed E-state index contributed by atoms with van der Waals surface area (Å²) in [6.45, 7) is 4.79. The Morgan fingerprint density at radius 3 is 2.75 bits per heavy atom. The Labute approximate surface area is 121 Å². The number of rotatable bonds is 7. The van der Waals surface area contributed by atoms with E-state index in [0.717, 1.165) is 19.4 Å². The monoisotopic (exact) mass is 275 g/mol. The summed E-state index contributed by atoms with van der Waals surface area (Å²) in [5.74, 6) is -0.262. The molecule has 0 radical (unpaired) electrons. The predicted octanol–water partition coefficient (Wildman–Crippen LogP) is 1.82. The van der Waals surface area contributed by atoms with Crippen molar-refractivity contribution >= 4 is 11.6 Å². The van der Waals surface area contributed by atoms with E-state index in [2.05, 4.69) is 41.4 Å². The van der Waals surface area contributed by atoms with Crippen LogP contribution < -0.4 is 16.0 Å². The van der Waals surface area contributed by atoms with Crippen LogP contribution in [0.1, 0.15) is 31.7 Å². The van der Waals surface area contributed by atoms with Gasteiger partial charge in [0.1, 0.15) is 0 Å². The lowest BCUT2D eigenvalue weighted by Crippen LogP contribution is -2.55. The van der Waals surface area contributed by atoms with Crippen molar-refractivity contribution in [3.05, 3.63) is 29.8 Å². The molecule has 0 heterocycles. The Morgan fingerprint density at radius 1 is 1.50 bits per heavy atom. The molecule has 4 nitrogen and oxygen atoms in total. The predicted molar refractivity (Wildman–Crippen MR) is 82.8 cm³/mol. The van der Waals surface area contributed by atoms with Crippen molar-refractivity contribution in [3.8, 4) is 0 Å². The second-order valence-corrected chi connectivity index (χ2v) is 6.13. The van der Waals surface area contributed by atoms with E-state index in [1.54, 1.807) is 0 Å². The van der Waals surface area contributed by atoms with Crippen LogP contribution >= 0.6 is 0 Å². The summed E-state index contributed by atoms with van der Waals surface area (Å²) in [6, 6.07) is 8.84. The number of hydrogen-bond acceptors (Lipinski definition) is 3. The Kier molecular flexibility index (Phi) is 4.33. The molecule has 4 heteroatoms. The second kappa shape index (κ2) is 5.83. The van der Waals surface area contributed by atoms with Gasteiger partial charge < -0.3 is 16.0 Å². The third-order valence-electron chi connectivity index (χ3n) is 4.03. The van der Waals surface area contributed by atoms with Crippen molar-refractivity contribution in [3.63, 3.8) is 0 Å². The molecule has 1 atom stereocenters. The van der Waals surface area contributed by atoms with Gasteiger partial charge in [-0.05, 0) is 50.8 Å². The van der Waals surface area contributed by atoms with Crippen molar-refractivity contribution in [2.24, 2.45) is 5.73 Å². The van der Waals surface area contributed by atoms with E-state index in [0.29, 0.717) is 12.5 Å². The smallest absolute Gasteiger partial charge is 0.237 e. The number of primary amides is 1. The molecule has 1 fully saturated rings. The lowest BCUT2D eigenvalue weighted by molar-refractivity contribution is -0.124. The first kappa shape index (κ1) is 14.9. The van der Waals surface area contributed by atoms with E-state index in [1.165, 1.54) is 11.3 Å². The topological polar surface area (TPSA) is 58.4 Å². The molecule has 20 heavy (non-hydrogen) atoms. The number of carbonyl (C=O) groups excluding carboxylic acids is 1. The maximum atomic E-state index is 11.7. The number of nitrogens with zero attached hydrogens (tertiary/aromatic N) is 1. The fraction of sp³-hybridized carbons (Fsp3) is 0.562. The van der Waals surface area contributed by atoms with E-state index >= 15 is 0 Å². The molecule has 0 aliphatic heterocycles. The van der Waals surface area contributed by atoms with Crippen LogP contribution in [0.4, 0.5) is 5.69 Å². The maximum absolute atomic E-state index is 11.7. The van der Waals surface area contributed by atoms with Crippen molar-refractivity contribution in [1.82, 2.24) is 5.32 Å². The van der Waals surface area contributed by atoms with E-state index in [1.807, 2.05) is 14.0 Å². The van der Waals surface area contributed by atoms with Crippen LogP contribution in [0.2, 0.25) is 0 Å². The summed E-state index contributed by atoms with van der Waals surface area (Å²) < 4.78 is 0. The van der Waals surface area contributed by atoms with Crippen LogP contribution in [0.5, 0.6) is 0 Å². The highest BCUT2D eigenvalue weighted by Gasteiger charge is 2.36. The van der Waals surface area contributed by atoms with Gasteiger partial charge >= 0.3 is 0 Å². The average Bonchev–Trinajstić information content (AvgIpc) is 3.19. The number of nitrogens with one attached hydrogen (secondary N) is 1. The molecular formula is C16H25N3O. The van der Waals surface area contributed by atoms with E-state index in [-0.39, 0.29) is 5.91 Å². The minimum Gasteiger partial charge on any atom is -0.375 e. The van der Waals surface area contributed by atoms with Crippen LogP contribution in [-0.2, 0) is 4.79 Å². The summed E-state index contributed by atoms with van der Waals surface area (Å²) in [5, 5.41) is 3.38. The molecule has 110 valence electrons. The largest absolute Gasteiger partial charge is 0.375 e. The molecule has 1 amide bonds. The first-order valence-corrected chi connectivity index (χ1v) is 7.26. The van der Waals surface area contributed by atoms with Gasteiger partial charge in [0.25, 0.3) is 0 Å². The van der Waals surface area contributed by atoms with Crippen molar-refractivity contribution in [1.29, 1.82) is 0 Å². The molecule has 1 unspecified atom stereocenters. The van der Waals surface area contributed by atoms with Crippen LogP contribution in [0.3, 0.4) is 0 Å². The Balaban J connectivity index is 1.96. The van der Waals surface area contributed by atoms with Gasteiger partial charge in [-0.25, -0.2) is 0 Å². The zero-order valence-electron chi connectivity index (χ0n) is 12.6. The molecule has 0 bridgehead atoms. The fourth-order valence-electron chi connectivity index (χ4n) is 2.33. The standard InChI is InChI=1S/C16H25N3O/c1-12-5-4-6-14(11-12)19(3)10-9-16(2,15(17)20)18-13-7-8-13/h4-6,11,13,18H,7-10H2,1-3H3,(H2,17,20). The van der Waals surface area contributed by atoms with Crippen LogP contribution in [0.25, 0.3) is 0 Å². The molecular weight excluding hydrogens is 250 g/mol. The third-order valence-corrected chi connectivity index (χ3v) is 4.03. The summed E-state index contributed by atoms with van der Waals surface area (Å²) in [5.41, 5.74) is 7.37. The number of nitrogens with two attached hydrogens (primary N) is 1. The van der Waals surface area contributed by atoms with Gasteiger partial charge in [0, 0.05) is 25.3 Å². The van der Waals surface area contributed by atoms with Crippen LogP contribution in [0, 0.1) is 6.92 Å². The van der Waals surface area contributed by atoms with Crippen molar-refractivity contribution in [2.75, 3.05) is 18.5 Å². The molecule has 3 N–H and O–H groups in total. The minimum absolute atomic E-state index is 0.262. The number of anilines is 1. The Bertz CT molecular complexity index is 484. The van der Waals surface area contributed by atoms with Crippen LogP contribution in [-0.4, -0.2) is 31.1 Å². The van der Waals surface area contributed by atoms with Gasteiger partial charge in [-0.1, -0.05) is 12.1 Å². The quantitative estimate of drug-likeness (QED) is 0.798. The van der Waals surface area contributed by atoms with Gasteiger partial charge in [-0.15, -0.1) is 0 Å². The summed E-state index contributed by atoms with van der Waals surface area (Å²) in [6.07, 6.45) is 3.01. The first-order valence-electron chi connectivity index (χ1n) is 7.26. The number of amides is 1. The fourth-order valence-corrected chi connectivity index (χ4v) is 2.33. The van der Waals surface area contributed by atoms with E-state index in [9.17, 15) is 4.79 Å². The Morgan fingerprint density at radius 2 is 2.20 bits per heavy atom. The second-order valence-electron chi connectivity index (χ2n) is 6.13. The molecule has 2 rings (SSSR count). The zero-order valence-corrected chi connectivity index (χ0v) is 12.6. The highest BCUT2D eigenvalue weighted by atomic mass is 16.1. The average molecular weight is 275 g/mol. The minimum atomic E-state index is -0.612. The first-order chi connectivity index (χ1) is 9.40. The molecule has 1 aliphatic carbocycles. The lowest BCUT2D eigenvalue weighted by Gasteiger charge is -2.30. The molecule has 1 aromatic carbocycles. The molecule has 1 saturated carbocycles. The molecule has 0 saturated heterocycles. The number of carbonyl (C=O) groups is 1. The van der Waals surface area contributed by atoms with Crippen molar-refractivity contribution in [2.45, 2.75) is 44.7 Å². The van der Waals surface area contributed by atoms with Gasteiger partial charge in [-0.2, -0.15) is 0 Å². The number of aryl methyl sites for hydroxylation is 1. The SMILES string of the molecule is Cc1cccc(N(C)CCC(C)(NC2CC2)C(N)=O)c1. The molecule has 0 spiro atoms. The number of benzene rings is 1. The van der Waals surface area contributed by atoms with Gasteiger partial charge in [-0.3, -0.25) is 4.79 Å². The van der Waals surface area contributed by atoms with E-state index < -0.39 is 5.54 Å². The summed E-state index contributed by atoms with van der Waals surface area (Å²) in [4.78, 5) is 13.9. The maximum Gasteiger partial charge on any atom is 0.237 e. The normalized spacial score (nSPS) is 17.6. The molecule has 1 aliphatic rings. The summed E-state index contributed by atoms with van der Waals surface area (Å²) in [7, 11) is 2.05. The van der Waals surface area contributed by atoms with Gasteiger partial charge in [0.2, 0.25) is 5.91 Å². The van der Waals surface area contributed by atoms with Gasteiger partial charge in [0.15, 0.2) is 0 Å². The molecule has 0 aromatic heterocycles. The number of hydrogen-bond donors (Lipinski definition) is 2. The van der Waals surface area contributed by atoms with E-state index in [4.69, 9.17) is 5.73 Å². The lowest BCUT2D eigenvalue weighted by atomic mass is 9.96. The van der Waals surface area contributed by atoms with Gasteiger partial charge in [0.05, 0.1) is 5.54 Å². The Hall–Kier alpha value is -1.55. The van der Waals surface area contributed by atoms with Crippen LogP contribution in [0.15, 0.2) is 24.3 Å². The van der Waals surface area contributed by atoms with Crippen molar-refractivity contribution < 1.29 is 4.79 Å². The highest BCUT2D eigenvalue weighted by molar-refractivity contribution is 5.84. The molecule has 1 aromatic rings.